The van der Waals surface area contributed by atoms with Gasteiger partial charge < -0.3 is 29.0 Å². The summed E-state index contributed by atoms with van der Waals surface area (Å²) in [4.78, 5) is 25.6. The van der Waals surface area contributed by atoms with Crippen molar-refractivity contribution in [1.82, 2.24) is 20.1 Å². The number of ether oxygens (including phenoxy) is 3. The van der Waals surface area contributed by atoms with Crippen LogP contribution in [-0.4, -0.2) is 40.4 Å². The molecule has 0 aliphatic carbocycles. The van der Waals surface area contributed by atoms with Gasteiger partial charge in [0.25, 0.3) is 0 Å². The number of methoxy groups -OCH3 is 2. The van der Waals surface area contributed by atoms with Crippen LogP contribution in [0.2, 0.25) is 0 Å². The van der Waals surface area contributed by atoms with Crippen LogP contribution in [-0.2, 0) is 5.41 Å². The van der Waals surface area contributed by atoms with E-state index in [0.717, 1.165) is 22.3 Å². The van der Waals surface area contributed by atoms with E-state index in [1.54, 1.807) is 44.7 Å². The van der Waals surface area contributed by atoms with Crippen molar-refractivity contribution in [2.45, 2.75) is 47.0 Å². The predicted molar refractivity (Wildman–Crippen MR) is 161 cm³/mol. The number of amides is 2. The highest BCUT2D eigenvalue weighted by atomic mass is 16.5. The predicted octanol–water partition coefficient (Wildman–Crippen LogP) is 7.29. The molecule has 0 saturated heterocycles. The van der Waals surface area contributed by atoms with Crippen molar-refractivity contribution >= 4 is 28.4 Å². The molecule has 3 aromatic heterocycles. The first-order valence-corrected chi connectivity index (χ1v) is 13.4. The molecule has 0 saturated carbocycles. The van der Waals surface area contributed by atoms with Crippen molar-refractivity contribution in [3.05, 3.63) is 65.4 Å². The van der Waals surface area contributed by atoms with E-state index in [1.165, 1.54) is 0 Å². The van der Waals surface area contributed by atoms with E-state index < -0.39 is 6.03 Å². The third-order valence-corrected chi connectivity index (χ3v) is 6.81. The lowest BCUT2D eigenvalue weighted by molar-refractivity contribution is 0.262. The fourth-order valence-corrected chi connectivity index (χ4v) is 4.60. The highest BCUT2D eigenvalue weighted by molar-refractivity contribution is 6.01. The van der Waals surface area contributed by atoms with Crippen molar-refractivity contribution in [1.29, 1.82) is 0 Å². The molecule has 0 aliphatic heterocycles. The minimum absolute atomic E-state index is 0.270. The lowest BCUT2D eigenvalue weighted by Crippen LogP contribution is -2.21. The number of carbonyl (C=O) groups excluding carboxylic acids is 1. The van der Waals surface area contributed by atoms with Crippen molar-refractivity contribution in [2.24, 2.45) is 0 Å². The number of fused-ring (bicyclic) bond motifs is 1. The fraction of sp³-hybridized carbons (Fsp3) is 0.290. The number of hydrogen-bond acceptors (Lipinski definition) is 8. The van der Waals surface area contributed by atoms with Crippen LogP contribution in [0.5, 0.6) is 23.0 Å². The van der Waals surface area contributed by atoms with Crippen LogP contribution >= 0.6 is 0 Å². The highest BCUT2D eigenvalue weighted by Gasteiger charge is 2.26. The van der Waals surface area contributed by atoms with Crippen molar-refractivity contribution in [3.8, 4) is 34.3 Å². The van der Waals surface area contributed by atoms with Gasteiger partial charge in [0.1, 0.15) is 23.1 Å². The Morgan fingerprint density at radius 2 is 1.69 bits per heavy atom. The summed E-state index contributed by atoms with van der Waals surface area (Å²) in [6, 6.07) is 10.4. The molecule has 3 heterocycles. The van der Waals surface area contributed by atoms with Gasteiger partial charge in [0.15, 0.2) is 17.3 Å². The number of aromatic amines is 1. The molecule has 42 heavy (non-hydrogen) atoms. The molecule has 3 N–H and O–H groups in total. The van der Waals surface area contributed by atoms with E-state index in [1.807, 2.05) is 53.7 Å². The number of rotatable bonds is 7. The van der Waals surface area contributed by atoms with Gasteiger partial charge in [-0.05, 0) is 56.7 Å². The number of aromatic nitrogens is 4. The summed E-state index contributed by atoms with van der Waals surface area (Å²) in [5, 5.41) is 10.6. The zero-order valence-electron chi connectivity index (χ0n) is 24.9. The van der Waals surface area contributed by atoms with E-state index in [9.17, 15) is 4.79 Å². The van der Waals surface area contributed by atoms with Crippen LogP contribution in [0.25, 0.3) is 22.2 Å². The molecule has 0 unspecified atom stereocenters. The van der Waals surface area contributed by atoms with Gasteiger partial charge in [0.05, 0.1) is 36.7 Å². The maximum absolute atomic E-state index is 13.1. The molecule has 0 fully saturated rings. The van der Waals surface area contributed by atoms with Crippen molar-refractivity contribution in [3.63, 3.8) is 0 Å². The van der Waals surface area contributed by atoms with Crippen LogP contribution in [0.15, 0.2) is 47.1 Å². The first-order chi connectivity index (χ1) is 20.0. The second kappa shape index (κ2) is 11.1. The Balaban J connectivity index is 1.36. The topological polar surface area (TPSA) is 136 Å². The number of aryl methyl sites for hydroxylation is 3. The SMILES string of the molecule is COc1cc2nccc(Oc3ccc(NC(=O)Nc4nc(C(C)(C)C)[nH]c4-c4c(C)noc4C)c(C)c3)c2cc1OC. The van der Waals surface area contributed by atoms with E-state index >= 15 is 0 Å². The lowest BCUT2D eigenvalue weighted by atomic mass is 9.96. The summed E-state index contributed by atoms with van der Waals surface area (Å²) in [6.07, 6.45) is 1.67. The Kier molecular flexibility index (Phi) is 7.51. The molecule has 11 heteroatoms. The standard InChI is InChI=1S/C31H34N6O5/c1-16-13-19(41-23-11-12-32-22-15-25(40-8)24(39-7)14-20(22)23)9-10-21(16)33-30(38)36-28-27(26-17(2)37-42-18(26)3)34-29(35-28)31(4,5)6/h9-15H,1-8H3,(H,34,35)(H2,33,36,38). The third kappa shape index (κ3) is 5.58. The van der Waals surface area contributed by atoms with E-state index in [0.29, 0.717) is 57.2 Å². The smallest absolute Gasteiger partial charge is 0.324 e. The molecule has 2 amide bonds. The average molecular weight is 571 g/mol. The van der Waals surface area contributed by atoms with Gasteiger partial charge in [0, 0.05) is 28.8 Å². The van der Waals surface area contributed by atoms with Gasteiger partial charge in [0.2, 0.25) is 0 Å². The monoisotopic (exact) mass is 570 g/mol. The number of nitrogens with zero attached hydrogens (tertiary/aromatic N) is 3. The highest BCUT2D eigenvalue weighted by Crippen LogP contribution is 2.38. The van der Waals surface area contributed by atoms with Gasteiger partial charge in [-0.1, -0.05) is 25.9 Å². The molecule has 0 aliphatic rings. The van der Waals surface area contributed by atoms with E-state index in [-0.39, 0.29) is 5.41 Å². The van der Waals surface area contributed by atoms with Gasteiger partial charge in [-0.15, -0.1) is 0 Å². The maximum atomic E-state index is 13.1. The number of pyridine rings is 1. The van der Waals surface area contributed by atoms with Gasteiger partial charge >= 0.3 is 6.03 Å². The molecule has 0 spiro atoms. The van der Waals surface area contributed by atoms with Crippen LogP contribution in [0.4, 0.5) is 16.3 Å². The Hall–Kier alpha value is -5.06. The third-order valence-electron chi connectivity index (χ3n) is 6.81. The quantitative estimate of drug-likeness (QED) is 0.186. The Morgan fingerprint density at radius 3 is 2.33 bits per heavy atom. The van der Waals surface area contributed by atoms with Gasteiger partial charge in [-0.25, -0.2) is 9.78 Å². The van der Waals surface area contributed by atoms with Crippen LogP contribution < -0.4 is 24.8 Å². The summed E-state index contributed by atoms with van der Waals surface area (Å²) >= 11 is 0. The van der Waals surface area contributed by atoms with Crippen LogP contribution in [0.1, 0.15) is 43.6 Å². The molecule has 2 aromatic carbocycles. The number of anilines is 2. The summed E-state index contributed by atoms with van der Waals surface area (Å²) in [5.74, 6) is 4.12. The van der Waals surface area contributed by atoms with E-state index in [2.05, 4.69) is 25.8 Å². The van der Waals surface area contributed by atoms with Crippen molar-refractivity contribution in [2.75, 3.05) is 24.9 Å². The first-order valence-electron chi connectivity index (χ1n) is 13.4. The van der Waals surface area contributed by atoms with E-state index in [4.69, 9.17) is 23.7 Å². The van der Waals surface area contributed by atoms with Crippen LogP contribution in [0.3, 0.4) is 0 Å². The second-order valence-electron chi connectivity index (χ2n) is 10.9. The molecule has 5 rings (SSSR count). The van der Waals surface area contributed by atoms with Gasteiger partial charge in [-0.3, -0.25) is 10.3 Å². The molecule has 0 atom stereocenters. The van der Waals surface area contributed by atoms with Crippen LogP contribution in [0, 0.1) is 20.8 Å². The lowest BCUT2D eigenvalue weighted by Gasteiger charge is -2.14. The molecule has 0 bridgehead atoms. The number of carbonyl (C=O) groups is 1. The fourth-order valence-electron chi connectivity index (χ4n) is 4.60. The summed E-state index contributed by atoms with van der Waals surface area (Å²) in [5.41, 5.74) is 3.98. The Labute approximate surface area is 243 Å². The Bertz CT molecular complexity index is 1760. The maximum Gasteiger partial charge on any atom is 0.324 e. The summed E-state index contributed by atoms with van der Waals surface area (Å²) < 4.78 is 22.4. The number of hydrogen-bond donors (Lipinski definition) is 3. The minimum Gasteiger partial charge on any atom is -0.493 e. The largest absolute Gasteiger partial charge is 0.493 e. The number of imidazole rings is 1. The zero-order valence-corrected chi connectivity index (χ0v) is 24.9. The summed E-state index contributed by atoms with van der Waals surface area (Å²) in [6.45, 7) is 11.7. The zero-order chi connectivity index (χ0) is 30.2. The number of H-pyrrole nitrogens is 1. The number of benzene rings is 2. The molecule has 218 valence electrons. The second-order valence-corrected chi connectivity index (χ2v) is 10.9. The average Bonchev–Trinajstić information content (AvgIpc) is 3.51. The molecular formula is C31H34N6O5. The molecule has 11 nitrogen and oxygen atoms in total. The summed E-state index contributed by atoms with van der Waals surface area (Å²) in [7, 11) is 3.16. The normalized spacial score (nSPS) is 11.4. The number of nitrogens with one attached hydrogen (secondary N) is 3. The number of urea groups is 1. The molecule has 5 aromatic rings. The Morgan fingerprint density at radius 1 is 0.952 bits per heavy atom. The first kappa shape index (κ1) is 28.5. The van der Waals surface area contributed by atoms with Crippen molar-refractivity contribution < 1.29 is 23.5 Å². The van der Waals surface area contributed by atoms with Gasteiger partial charge in [-0.2, -0.15) is 0 Å². The minimum atomic E-state index is -0.437. The molecule has 0 radical (unpaired) electrons. The molecular weight excluding hydrogens is 536 g/mol.